The first-order valence-electron chi connectivity index (χ1n) is 10.2. The number of carbonyl (C=O) groups excluding carboxylic acids is 3. The molecule has 0 aromatic rings. The fourth-order valence-electron chi connectivity index (χ4n) is 4.61. The molecule has 0 aromatic carbocycles. The SMILES string of the molecule is C=C1C(=O)O[C@H]2C(=O)C3(C)OC3CC/C(C)=C/CC[C@@]3(COC(C)=O)O[C@@H]3C[C@H]12. The summed E-state index contributed by atoms with van der Waals surface area (Å²) in [6, 6.07) is 0. The summed E-state index contributed by atoms with van der Waals surface area (Å²) in [5.41, 5.74) is 0.0149. The van der Waals surface area contributed by atoms with Crippen molar-refractivity contribution in [3.63, 3.8) is 0 Å². The third kappa shape index (κ3) is 3.66. The minimum absolute atomic E-state index is 0.158. The lowest BCUT2D eigenvalue weighted by atomic mass is 9.82. The highest BCUT2D eigenvalue weighted by molar-refractivity contribution is 6.01. The molecule has 0 saturated carbocycles. The summed E-state index contributed by atoms with van der Waals surface area (Å²) < 4.78 is 22.4. The van der Waals surface area contributed by atoms with Gasteiger partial charge in [-0.2, -0.15) is 0 Å². The predicted octanol–water partition coefficient (Wildman–Crippen LogP) is 2.42. The first-order chi connectivity index (χ1) is 13.7. The standard InChI is InChI=1S/C22H28O7/c1-12-6-5-9-22(11-26-14(3)23)17(29-22)10-15-13(2)20(25)27-18(15)19(24)21(4)16(28-21)8-7-12/h6,15-18H,2,5,7-11H2,1,3-4H3/b12-6+/t15-,16?,17-,18-,21?,22+/m1/s1. The number of epoxide rings is 2. The molecule has 7 heteroatoms. The van der Waals surface area contributed by atoms with Crippen LogP contribution in [-0.4, -0.2) is 53.8 Å². The Morgan fingerprint density at radius 3 is 2.79 bits per heavy atom. The van der Waals surface area contributed by atoms with E-state index in [2.05, 4.69) is 19.6 Å². The molecule has 3 saturated heterocycles. The van der Waals surface area contributed by atoms with Crippen molar-refractivity contribution in [2.45, 2.75) is 82.4 Å². The fraction of sp³-hybridized carbons (Fsp3) is 0.682. The number of allylic oxidation sites excluding steroid dienone is 2. The van der Waals surface area contributed by atoms with Gasteiger partial charge in [0.15, 0.2) is 11.7 Å². The van der Waals surface area contributed by atoms with Crippen LogP contribution in [0.25, 0.3) is 0 Å². The summed E-state index contributed by atoms with van der Waals surface area (Å²) >= 11 is 0. The van der Waals surface area contributed by atoms with E-state index in [0.29, 0.717) is 18.4 Å². The summed E-state index contributed by atoms with van der Waals surface area (Å²) in [4.78, 5) is 36.7. The second-order valence-electron chi connectivity index (χ2n) is 8.85. The Bertz CT molecular complexity index is 799. The first kappa shape index (κ1) is 20.3. The second-order valence-corrected chi connectivity index (χ2v) is 8.85. The van der Waals surface area contributed by atoms with Gasteiger partial charge in [0.2, 0.25) is 5.78 Å². The molecule has 0 amide bonds. The van der Waals surface area contributed by atoms with Crippen LogP contribution in [0.15, 0.2) is 23.8 Å². The zero-order chi connectivity index (χ0) is 21.0. The lowest BCUT2D eigenvalue weighted by Crippen LogP contribution is -2.39. The quantitative estimate of drug-likeness (QED) is 0.302. The Morgan fingerprint density at radius 2 is 2.07 bits per heavy atom. The number of hydrogen-bond acceptors (Lipinski definition) is 7. The van der Waals surface area contributed by atoms with Gasteiger partial charge in [-0.3, -0.25) is 9.59 Å². The predicted molar refractivity (Wildman–Crippen MR) is 102 cm³/mol. The third-order valence-corrected chi connectivity index (χ3v) is 6.76. The van der Waals surface area contributed by atoms with Crippen LogP contribution in [0, 0.1) is 5.92 Å². The average Bonchev–Trinajstić information content (AvgIpc) is 3.52. The number of ether oxygens (including phenoxy) is 4. The van der Waals surface area contributed by atoms with E-state index in [0.717, 1.165) is 19.3 Å². The number of Topliss-reactive ketones (excluding diaryl/α,β-unsaturated/α-hetero) is 1. The Balaban J connectivity index is 1.59. The van der Waals surface area contributed by atoms with Crippen LogP contribution in [0.3, 0.4) is 0 Å². The van der Waals surface area contributed by atoms with Gasteiger partial charge in [-0.05, 0) is 46.0 Å². The zero-order valence-electron chi connectivity index (χ0n) is 17.2. The molecule has 29 heavy (non-hydrogen) atoms. The van der Waals surface area contributed by atoms with Crippen molar-refractivity contribution in [2.75, 3.05) is 6.61 Å². The number of fused-ring (bicyclic) bond motifs is 3. The zero-order valence-corrected chi connectivity index (χ0v) is 17.2. The summed E-state index contributed by atoms with van der Waals surface area (Å²) in [6.45, 7) is 9.23. The van der Waals surface area contributed by atoms with Crippen molar-refractivity contribution >= 4 is 17.7 Å². The smallest absolute Gasteiger partial charge is 0.334 e. The maximum absolute atomic E-state index is 13.2. The van der Waals surface area contributed by atoms with E-state index in [1.165, 1.54) is 12.5 Å². The molecule has 3 fully saturated rings. The highest BCUT2D eigenvalue weighted by Gasteiger charge is 2.64. The minimum Gasteiger partial charge on any atom is -0.463 e. The van der Waals surface area contributed by atoms with Crippen LogP contribution in [-0.2, 0) is 33.3 Å². The number of ketones is 1. The van der Waals surface area contributed by atoms with Gasteiger partial charge in [-0.25, -0.2) is 4.79 Å². The molecule has 6 atom stereocenters. The van der Waals surface area contributed by atoms with Gasteiger partial charge in [0.1, 0.15) is 12.2 Å². The molecule has 3 aliphatic heterocycles. The molecule has 0 radical (unpaired) electrons. The number of carbonyl (C=O) groups is 3. The van der Waals surface area contributed by atoms with E-state index in [1.54, 1.807) is 6.92 Å². The molecule has 4 rings (SSSR count). The van der Waals surface area contributed by atoms with Crippen LogP contribution in [0.5, 0.6) is 0 Å². The van der Waals surface area contributed by atoms with E-state index in [1.807, 2.05) is 0 Å². The van der Waals surface area contributed by atoms with E-state index in [9.17, 15) is 14.4 Å². The summed E-state index contributed by atoms with van der Waals surface area (Å²) in [6.07, 6.45) is 4.38. The molecule has 158 valence electrons. The number of rotatable bonds is 2. The van der Waals surface area contributed by atoms with Crippen LogP contribution in [0.4, 0.5) is 0 Å². The summed E-state index contributed by atoms with van der Waals surface area (Å²) in [7, 11) is 0. The van der Waals surface area contributed by atoms with E-state index < -0.39 is 29.2 Å². The molecule has 4 aliphatic rings. The van der Waals surface area contributed by atoms with Gasteiger partial charge in [0.05, 0.1) is 12.2 Å². The molecule has 1 aliphatic carbocycles. The van der Waals surface area contributed by atoms with Crippen molar-refractivity contribution in [1.82, 2.24) is 0 Å². The molecular weight excluding hydrogens is 376 g/mol. The summed E-state index contributed by atoms with van der Waals surface area (Å²) in [5, 5.41) is 0. The topological polar surface area (TPSA) is 94.7 Å². The van der Waals surface area contributed by atoms with E-state index >= 15 is 0 Å². The van der Waals surface area contributed by atoms with Crippen molar-refractivity contribution < 1.29 is 33.3 Å². The Morgan fingerprint density at radius 1 is 1.31 bits per heavy atom. The van der Waals surface area contributed by atoms with E-state index in [4.69, 9.17) is 18.9 Å². The van der Waals surface area contributed by atoms with E-state index in [-0.39, 0.29) is 30.6 Å². The summed E-state index contributed by atoms with van der Waals surface area (Å²) in [5.74, 6) is -1.56. The highest BCUT2D eigenvalue weighted by Crippen LogP contribution is 2.50. The second kappa shape index (κ2) is 7.06. The van der Waals surface area contributed by atoms with Gasteiger partial charge < -0.3 is 18.9 Å². The monoisotopic (exact) mass is 404 g/mol. The van der Waals surface area contributed by atoms with Gasteiger partial charge in [0.25, 0.3) is 0 Å². The van der Waals surface area contributed by atoms with Gasteiger partial charge in [0, 0.05) is 18.4 Å². The van der Waals surface area contributed by atoms with Crippen LogP contribution >= 0.6 is 0 Å². The third-order valence-electron chi connectivity index (χ3n) is 6.76. The molecule has 7 nitrogen and oxygen atoms in total. The lowest BCUT2D eigenvalue weighted by molar-refractivity contribution is -0.148. The van der Waals surface area contributed by atoms with Crippen molar-refractivity contribution in [2.24, 2.45) is 5.92 Å². The van der Waals surface area contributed by atoms with Gasteiger partial charge in [-0.15, -0.1) is 0 Å². The maximum atomic E-state index is 13.2. The molecule has 2 unspecified atom stereocenters. The highest BCUT2D eigenvalue weighted by atomic mass is 16.6. The molecule has 0 bridgehead atoms. The Hall–Kier alpha value is -1.99. The van der Waals surface area contributed by atoms with Gasteiger partial charge >= 0.3 is 11.9 Å². The Kier molecular flexibility index (Phi) is 4.94. The molecule has 0 spiro atoms. The molecule has 0 N–H and O–H groups in total. The van der Waals surface area contributed by atoms with Crippen molar-refractivity contribution in [3.05, 3.63) is 23.8 Å². The fourth-order valence-corrected chi connectivity index (χ4v) is 4.61. The Labute approximate surface area is 170 Å². The molecule has 3 heterocycles. The molecule has 0 aromatic heterocycles. The maximum Gasteiger partial charge on any atom is 0.334 e. The van der Waals surface area contributed by atoms with Crippen LogP contribution in [0.1, 0.15) is 52.9 Å². The van der Waals surface area contributed by atoms with Gasteiger partial charge in [-0.1, -0.05) is 18.2 Å². The lowest BCUT2D eigenvalue weighted by Gasteiger charge is -2.19. The van der Waals surface area contributed by atoms with Crippen molar-refractivity contribution in [3.8, 4) is 0 Å². The van der Waals surface area contributed by atoms with Crippen molar-refractivity contribution in [1.29, 1.82) is 0 Å². The number of hydrogen-bond donors (Lipinski definition) is 0. The molecular formula is C22H28O7. The van der Waals surface area contributed by atoms with Crippen LogP contribution < -0.4 is 0 Å². The largest absolute Gasteiger partial charge is 0.463 e. The normalized spacial score (nSPS) is 43.7. The average molecular weight is 404 g/mol. The first-order valence-corrected chi connectivity index (χ1v) is 10.2. The number of esters is 2. The van der Waals surface area contributed by atoms with Crippen LogP contribution in [0.2, 0.25) is 0 Å². The minimum atomic E-state index is -0.919.